The Morgan fingerprint density at radius 3 is 2.38 bits per heavy atom. The molecule has 0 rings (SSSR count). The van der Waals surface area contributed by atoms with Crippen LogP contribution in [0.4, 0.5) is 0 Å². The van der Waals surface area contributed by atoms with Crippen LogP contribution in [-0.2, 0) is 9.53 Å². The van der Waals surface area contributed by atoms with Gasteiger partial charge in [-0.3, -0.25) is 0 Å². The number of esters is 1. The third-order valence-electron chi connectivity index (χ3n) is 0.476. The third-order valence-corrected chi connectivity index (χ3v) is 2.10. The van der Waals surface area contributed by atoms with Crippen LogP contribution < -0.4 is 0 Å². The van der Waals surface area contributed by atoms with Gasteiger partial charge in [-0.2, -0.15) is 0 Å². The molecule has 8 heavy (non-hydrogen) atoms. The number of hydrogen-bond acceptors (Lipinski definition) is 2. The second-order valence-corrected chi connectivity index (χ2v) is 2.26. The first-order valence-corrected chi connectivity index (χ1v) is 3.47. The molecule has 0 N–H and O–H groups in total. The summed E-state index contributed by atoms with van der Waals surface area (Å²) >= 11 is 5.89. The van der Waals surface area contributed by atoms with Crippen LogP contribution >= 0.6 is 31.9 Å². The lowest BCUT2D eigenvalue weighted by Gasteiger charge is -1.91. The second kappa shape index (κ2) is 4.09. The predicted molar refractivity (Wildman–Crippen MR) is 38.0 cm³/mol. The number of hydrogen-bond donors (Lipinski definition) is 0. The van der Waals surface area contributed by atoms with Gasteiger partial charge in [0.25, 0.3) is 0 Å². The van der Waals surface area contributed by atoms with E-state index in [1.807, 2.05) is 0 Å². The lowest BCUT2D eigenvalue weighted by atomic mass is 10.7. The van der Waals surface area contributed by atoms with E-state index in [0.717, 1.165) is 0 Å². The molecule has 0 spiro atoms. The molecular weight excluding hydrogens is 240 g/mol. The number of halogens is 2. The van der Waals surface area contributed by atoms with E-state index in [-0.39, 0.29) is 5.97 Å². The van der Waals surface area contributed by atoms with Crippen LogP contribution in [0.3, 0.4) is 0 Å². The van der Waals surface area contributed by atoms with Gasteiger partial charge in [0.2, 0.25) is 0 Å². The standard InChI is InChI=1S/C4H4Br2O2/c1-8-4(7)3(6)2-5/h2H,1H3. The Morgan fingerprint density at radius 2 is 2.25 bits per heavy atom. The lowest BCUT2D eigenvalue weighted by molar-refractivity contribution is -0.135. The highest BCUT2D eigenvalue weighted by Crippen LogP contribution is 2.08. The molecule has 0 amide bonds. The molecule has 0 aliphatic carbocycles. The van der Waals surface area contributed by atoms with Crippen molar-refractivity contribution in [3.8, 4) is 0 Å². The van der Waals surface area contributed by atoms with Crippen molar-refractivity contribution in [1.82, 2.24) is 0 Å². The average Bonchev–Trinajstić information content (AvgIpc) is 1.84. The van der Waals surface area contributed by atoms with Gasteiger partial charge < -0.3 is 4.74 Å². The Morgan fingerprint density at radius 1 is 1.75 bits per heavy atom. The second-order valence-electron chi connectivity index (χ2n) is 0.949. The first-order valence-electron chi connectivity index (χ1n) is 1.76. The molecule has 0 aliphatic heterocycles. The molecule has 0 aromatic rings. The van der Waals surface area contributed by atoms with Gasteiger partial charge in [-0.15, -0.1) is 0 Å². The summed E-state index contributed by atoms with van der Waals surface area (Å²) in [6, 6.07) is 0. The molecule has 4 heteroatoms. The van der Waals surface area contributed by atoms with Crippen LogP contribution in [0.1, 0.15) is 0 Å². The molecule has 0 heterocycles. The van der Waals surface area contributed by atoms with Gasteiger partial charge in [0.15, 0.2) is 0 Å². The van der Waals surface area contributed by atoms with Crippen LogP contribution in [0.25, 0.3) is 0 Å². The molecule has 0 atom stereocenters. The summed E-state index contributed by atoms with van der Waals surface area (Å²) in [5, 5.41) is 0. The molecule has 0 radical (unpaired) electrons. The number of methoxy groups -OCH3 is 1. The maximum Gasteiger partial charge on any atom is 0.345 e. The van der Waals surface area contributed by atoms with Crippen LogP contribution in [-0.4, -0.2) is 13.1 Å². The van der Waals surface area contributed by atoms with Crippen LogP contribution in [0, 0.1) is 0 Å². The highest BCUT2D eigenvalue weighted by molar-refractivity contribution is 9.14. The SMILES string of the molecule is COC(=O)C(Br)=CBr. The minimum absolute atomic E-state index is 0.375. The molecule has 0 saturated heterocycles. The van der Waals surface area contributed by atoms with Crippen molar-refractivity contribution in [1.29, 1.82) is 0 Å². The highest BCUT2D eigenvalue weighted by atomic mass is 79.9. The third kappa shape index (κ3) is 2.47. The number of ether oxygens (including phenoxy) is 1. The maximum atomic E-state index is 10.4. The molecule has 0 fully saturated rings. The van der Waals surface area contributed by atoms with Gasteiger partial charge in [-0.05, 0) is 15.9 Å². The Balaban J connectivity index is 3.83. The van der Waals surface area contributed by atoms with Crippen LogP contribution in [0.15, 0.2) is 9.47 Å². The lowest BCUT2D eigenvalue weighted by Crippen LogP contribution is -1.97. The molecule has 0 saturated carbocycles. The van der Waals surface area contributed by atoms with E-state index in [0.29, 0.717) is 4.48 Å². The van der Waals surface area contributed by atoms with E-state index < -0.39 is 0 Å². The van der Waals surface area contributed by atoms with E-state index >= 15 is 0 Å². The van der Waals surface area contributed by atoms with Gasteiger partial charge in [-0.25, -0.2) is 4.79 Å². The summed E-state index contributed by atoms with van der Waals surface area (Å²) in [5.74, 6) is -0.387. The summed E-state index contributed by atoms with van der Waals surface area (Å²) < 4.78 is 4.69. The summed E-state index contributed by atoms with van der Waals surface area (Å²) in [5.41, 5.74) is 0. The molecule has 2 nitrogen and oxygen atoms in total. The summed E-state index contributed by atoms with van der Waals surface area (Å²) in [4.78, 5) is 11.8. The Kier molecular flexibility index (Phi) is 4.18. The molecular formula is C4H4Br2O2. The van der Waals surface area contributed by atoms with Gasteiger partial charge in [0.05, 0.1) is 7.11 Å². The summed E-state index contributed by atoms with van der Waals surface area (Å²) in [6.45, 7) is 0. The zero-order chi connectivity index (χ0) is 6.57. The maximum absolute atomic E-state index is 10.4. The first kappa shape index (κ1) is 8.17. The average molecular weight is 244 g/mol. The zero-order valence-corrected chi connectivity index (χ0v) is 7.32. The highest BCUT2D eigenvalue weighted by Gasteiger charge is 2.01. The number of carbonyl (C=O) groups is 1. The van der Waals surface area contributed by atoms with Crippen molar-refractivity contribution >= 4 is 37.8 Å². The molecule has 0 aromatic heterocycles. The fourth-order valence-electron chi connectivity index (χ4n) is 0.142. The summed E-state index contributed by atoms with van der Waals surface area (Å²) in [6.07, 6.45) is 0. The monoisotopic (exact) mass is 242 g/mol. The molecule has 0 aliphatic rings. The molecule has 0 unspecified atom stereocenters. The van der Waals surface area contributed by atoms with E-state index in [2.05, 4.69) is 36.6 Å². The van der Waals surface area contributed by atoms with Crippen LogP contribution in [0.2, 0.25) is 0 Å². The predicted octanol–water partition coefficient (Wildman–Crippen LogP) is 1.79. The van der Waals surface area contributed by atoms with Crippen molar-refractivity contribution < 1.29 is 9.53 Å². The first-order chi connectivity index (χ1) is 3.72. The molecule has 0 bridgehead atoms. The minimum atomic E-state index is -0.387. The summed E-state index contributed by atoms with van der Waals surface area (Å²) in [7, 11) is 1.32. The number of rotatable bonds is 1. The van der Waals surface area contributed by atoms with Crippen molar-refractivity contribution in [2.45, 2.75) is 0 Å². The van der Waals surface area contributed by atoms with E-state index in [4.69, 9.17) is 0 Å². The number of carbonyl (C=O) groups excluding carboxylic acids is 1. The molecule has 46 valence electrons. The molecule has 0 aromatic carbocycles. The quantitative estimate of drug-likeness (QED) is 0.519. The van der Waals surface area contributed by atoms with E-state index in [1.54, 1.807) is 0 Å². The van der Waals surface area contributed by atoms with E-state index in [1.165, 1.54) is 12.1 Å². The van der Waals surface area contributed by atoms with Crippen LogP contribution in [0.5, 0.6) is 0 Å². The Labute approximate surface area is 64.2 Å². The normalized spacial score (nSPS) is 11.1. The van der Waals surface area contributed by atoms with Gasteiger partial charge >= 0.3 is 5.97 Å². The minimum Gasteiger partial charge on any atom is -0.465 e. The van der Waals surface area contributed by atoms with Crippen molar-refractivity contribution in [3.05, 3.63) is 9.47 Å². The fraction of sp³-hybridized carbons (Fsp3) is 0.250. The topological polar surface area (TPSA) is 26.3 Å². The van der Waals surface area contributed by atoms with Gasteiger partial charge in [-0.1, -0.05) is 15.9 Å². The van der Waals surface area contributed by atoms with Crippen molar-refractivity contribution in [2.75, 3.05) is 7.11 Å². The van der Waals surface area contributed by atoms with Crippen molar-refractivity contribution in [2.24, 2.45) is 0 Å². The Hall–Kier alpha value is 0.170. The fourth-order valence-corrected chi connectivity index (χ4v) is 0.491. The van der Waals surface area contributed by atoms with Gasteiger partial charge in [0.1, 0.15) is 4.48 Å². The largest absolute Gasteiger partial charge is 0.465 e. The van der Waals surface area contributed by atoms with Gasteiger partial charge in [0, 0.05) is 4.99 Å². The zero-order valence-electron chi connectivity index (χ0n) is 4.15. The smallest absolute Gasteiger partial charge is 0.345 e. The van der Waals surface area contributed by atoms with E-state index in [9.17, 15) is 4.79 Å². The Bertz CT molecular complexity index is 119. The van der Waals surface area contributed by atoms with Crippen molar-refractivity contribution in [3.63, 3.8) is 0 Å².